The number of amides is 2. The molecule has 0 saturated heterocycles. The molecule has 2 heterocycles. The fraction of sp³-hybridized carbons (Fsp3) is 0.286. The first-order valence-corrected chi connectivity index (χ1v) is 7.11. The highest BCUT2D eigenvalue weighted by Crippen LogP contribution is 2.09. The van der Waals surface area contributed by atoms with Crippen LogP contribution in [-0.4, -0.2) is 29.8 Å². The molecule has 0 spiro atoms. The second kappa shape index (κ2) is 6.38. The Bertz CT molecular complexity index is 563. The summed E-state index contributed by atoms with van der Waals surface area (Å²) in [5, 5.41) is 6.62. The fourth-order valence-electron chi connectivity index (χ4n) is 1.80. The van der Waals surface area contributed by atoms with Crippen molar-refractivity contribution in [3.05, 3.63) is 46.5 Å². The normalized spacial score (nSPS) is 11.9. The molecule has 1 atom stereocenters. The van der Waals surface area contributed by atoms with E-state index in [1.54, 1.807) is 36.3 Å². The molecule has 0 aliphatic carbocycles. The molecular formula is C14H16N2O3S. The summed E-state index contributed by atoms with van der Waals surface area (Å²) in [6, 6.07) is 2.95. The maximum absolute atomic E-state index is 12.2. The summed E-state index contributed by atoms with van der Waals surface area (Å²) in [7, 11) is 1.72. The van der Waals surface area contributed by atoms with Crippen molar-refractivity contribution in [3.8, 4) is 0 Å². The summed E-state index contributed by atoms with van der Waals surface area (Å²) in [6.07, 6.45) is 2.77. The highest BCUT2D eigenvalue weighted by Gasteiger charge is 2.20. The van der Waals surface area contributed by atoms with Gasteiger partial charge in [-0.15, -0.1) is 0 Å². The Labute approximate surface area is 121 Å². The van der Waals surface area contributed by atoms with Gasteiger partial charge in [-0.25, -0.2) is 0 Å². The van der Waals surface area contributed by atoms with Crippen LogP contribution < -0.4 is 5.32 Å². The Morgan fingerprint density at radius 1 is 1.45 bits per heavy atom. The maximum atomic E-state index is 12.2. The van der Waals surface area contributed by atoms with Crippen LogP contribution in [-0.2, 0) is 11.3 Å². The number of nitrogens with one attached hydrogen (secondary N) is 1. The molecule has 2 aromatic rings. The predicted molar refractivity (Wildman–Crippen MR) is 76.4 cm³/mol. The van der Waals surface area contributed by atoms with Crippen molar-refractivity contribution < 1.29 is 14.0 Å². The molecule has 1 N–H and O–H groups in total. The molecule has 2 rings (SSSR count). The summed E-state index contributed by atoms with van der Waals surface area (Å²) >= 11 is 1.59. The minimum Gasteiger partial charge on any atom is -0.472 e. The Morgan fingerprint density at radius 2 is 2.25 bits per heavy atom. The zero-order chi connectivity index (χ0) is 14.5. The third-order valence-corrected chi connectivity index (χ3v) is 3.61. The van der Waals surface area contributed by atoms with Gasteiger partial charge >= 0.3 is 0 Å². The highest BCUT2D eigenvalue weighted by atomic mass is 32.1. The van der Waals surface area contributed by atoms with Gasteiger partial charge in [0, 0.05) is 13.6 Å². The SMILES string of the molecule is C[C@H](NC(=O)c1ccoc1)C(=O)N(C)Cc1ccsc1. The smallest absolute Gasteiger partial charge is 0.255 e. The van der Waals surface area contributed by atoms with E-state index in [9.17, 15) is 9.59 Å². The highest BCUT2D eigenvalue weighted by molar-refractivity contribution is 7.07. The molecular weight excluding hydrogens is 276 g/mol. The maximum Gasteiger partial charge on any atom is 0.255 e. The van der Waals surface area contributed by atoms with Crippen molar-refractivity contribution in [2.75, 3.05) is 7.05 Å². The van der Waals surface area contributed by atoms with E-state index in [4.69, 9.17) is 4.42 Å². The summed E-state index contributed by atoms with van der Waals surface area (Å²) in [5.74, 6) is -0.448. The molecule has 2 amide bonds. The summed E-state index contributed by atoms with van der Waals surface area (Å²) in [6.45, 7) is 2.21. The first-order valence-electron chi connectivity index (χ1n) is 6.17. The van der Waals surface area contributed by atoms with Gasteiger partial charge in [-0.1, -0.05) is 0 Å². The molecule has 20 heavy (non-hydrogen) atoms. The number of nitrogens with zero attached hydrogens (tertiary/aromatic N) is 1. The van der Waals surface area contributed by atoms with E-state index in [-0.39, 0.29) is 11.8 Å². The van der Waals surface area contributed by atoms with Crippen LogP contribution in [0.2, 0.25) is 0 Å². The van der Waals surface area contributed by atoms with Crippen LogP contribution in [0.25, 0.3) is 0 Å². The lowest BCUT2D eigenvalue weighted by molar-refractivity contribution is -0.132. The molecule has 0 aromatic carbocycles. The number of carbonyl (C=O) groups is 2. The molecule has 2 aromatic heterocycles. The van der Waals surface area contributed by atoms with Gasteiger partial charge in [-0.2, -0.15) is 11.3 Å². The average Bonchev–Trinajstić information content (AvgIpc) is 3.10. The molecule has 0 aliphatic rings. The number of likely N-dealkylation sites (N-methyl/N-ethyl adjacent to an activating group) is 1. The lowest BCUT2D eigenvalue weighted by Gasteiger charge is -2.21. The molecule has 0 unspecified atom stereocenters. The van der Waals surface area contributed by atoms with Crippen molar-refractivity contribution in [2.45, 2.75) is 19.5 Å². The third kappa shape index (κ3) is 3.48. The molecule has 0 saturated carbocycles. The van der Waals surface area contributed by atoms with E-state index in [1.165, 1.54) is 12.5 Å². The van der Waals surface area contributed by atoms with Crippen LogP contribution in [0.1, 0.15) is 22.8 Å². The molecule has 6 heteroatoms. The third-order valence-electron chi connectivity index (χ3n) is 2.88. The largest absolute Gasteiger partial charge is 0.472 e. The Kier molecular flexibility index (Phi) is 4.57. The standard InChI is InChI=1S/C14H16N2O3S/c1-10(15-13(17)12-3-5-19-8-12)14(18)16(2)7-11-4-6-20-9-11/h3-6,8-10H,7H2,1-2H3,(H,15,17)/t10-/m0/s1. The number of furan rings is 1. The van der Waals surface area contributed by atoms with E-state index in [1.807, 2.05) is 16.8 Å². The van der Waals surface area contributed by atoms with E-state index in [2.05, 4.69) is 5.32 Å². The van der Waals surface area contributed by atoms with Crippen molar-refractivity contribution in [1.29, 1.82) is 0 Å². The molecule has 0 radical (unpaired) electrons. The van der Waals surface area contributed by atoms with Crippen LogP contribution >= 0.6 is 11.3 Å². The van der Waals surface area contributed by atoms with Crippen molar-refractivity contribution >= 4 is 23.2 Å². The minimum atomic E-state index is -0.582. The summed E-state index contributed by atoms with van der Waals surface area (Å²) in [4.78, 5) is 25.6. The summed E-state index contributed by atoms with van der Waals surface area (Å²) < 4.78 is 4.84. The second-order valence-corrected chi connectivity index (χ2v) is 5.31. The topological polar surface area (TPSA) is 62.6 Å². The first kappa shape index (κ1) is 14.3. The van der Waals surface area contributed by atoms with Crippen molar-refractivity contribution in [3.63, 3.8) is 0 Å². The molecule has 0 aliphatic heterocycles. The number of thiophene rings is 1. The zero-order valence-corrected chi connectivity index (χ0v) is 12.1. The number of carbonyl (C=O) groups excluding carboxylic acids is 2. The van der Waals surface area contributed by atoms with Gasteiger partial charge in [-0.05, 0) is 35.4 Å². The number of hydrogen-bond acceptors (Lipinski definition) is 4. The van der Waals surface area contributed by atoms with Crippen molar-refractivity contribution in [2.24, 2.45) is 0 Å². The van der Waals surface area contributed by atoms with E-state index >= 15 is 0 Å². The van der Waals surface area contributed by atoms with Gasteiger partial charge in [0.25, 0.3) is 5.91 Å². The van der Waals surface area contributed by atoms with E-state index < -0.39 is 6.04 Å². The van der Waals surface area contributed by atoms with Crippen LogP contribution in [0.15, 0.2) is 39.8 Å². The van der Waals surface area contributed by atoms with E-state index in [0.29, 0.717) is 12.1 Å². The molecule has 106 valence electrons. The van der Waals surface area contributed by atoms with Crippen molar-refractivity contribution in [1.82, 2.24) is 10.2 Å². The van der Waals surface area contributed by atoms with Gasteiger partial charge in [0.2, 0.25) is 5.91 Å². The lowest BCUT2D eigenvalue weighted by Crippen LogP contribution is -2.45. The number of rotatable bonds is 5. The van der Waals surface area contributed by atoms with Crippen LogP contribution in [0.3, 0.4) is 0 Å². The minimum absolute atomic E-state index is 0.131. The fourth-order valence-corrected chi connectivity index (χ4v) is 2.46. The van der Waals surface area contributed by atoms with E-state index in [0.717, 1.165) is 5.56 Å². The Morgan fingerprint density at radius 3 is 2.85 bits per heavy atom. The quantitative estimate of drug-likeness (QED) is 0.918. The average molecular weight is 292 g/mol. The summed E-state index contributed by atoms with van der Waals surface area (Å²) in [5.41, 5.74) is 1.49. The molecule has 5 nitrogen and oxygen atoms in total. The van der Waals surface area contributed by atoms with Gasteiger partial charge in [0.1, 0.15) is 12.3 Å². The second-order valence-electron chi connectivity index (χ2n) is 4.53. The predicted octanol–water partition coefficient (Wildman–Crippen LogP) is 2.12. The van der Waals surface area contributed by atoms with Crippen LogP contribution in [0, 0.1) is 0 Å². The van der Waals surface area contributed by atoms with Crippen LogP contribution in [0.4, 0.5) is 0 Å². The van der Waals surface area contributed by atoms with Gasteiger partial charge in [0.05, 0.1) is 11.8 Å². The monoisotopic (exact) mass is 292 g/mol. The molecule has 0 fully saturated rings. The number of hydrogen-bond donors (Lipinski definition) is 1. The van der Waals surface area contributed by atoms with Gasteiger partial charge in [-0.3, -0.25) is 9.59 Å². The van der Waals surface area contributed by atoms with Gasteiger partial charge in [0.15, 0.2) is 0 Å². The Hall–Kier alpha value is -2.08. The zero-order valence-electron chi connectivity index (χ0n) is 11.3. The first-order chi connectivity index (χ1) is 9.58. The lowest BCUT2D eigenvalue weighted by atomic mass is 10.2. The van der Waals surface area contributed by atoms with Gasteiger partial charge < -0.3 is 14.6 Å². The van der Waals surface area contributed by atoms with Crippen LogP contribution in [0.5, 0.6) is 0 Å². The molecule has 0 bridgehead atoms. The Balaban J connectivity index is 1.89.